The van der Waals surface area contributed by atoms with E-state index >= 15 is 0 Å². The minimum atomic E-state index is 0.643. The van der Waals surface area contributed by atoms with Gasteiger partial charge in [0, 0.05) is 18.8 Å². The average molecular weight is 242 g/mol. The Kier molecular flexibility index (Phi) is 4.31. The number of nitrogens with one attached hydrogen (secondary N) is 1. The smallest absolute Gasteiger partial charge is 0.213 e. The zero-order chi connectivity index (χ0) is 12.8. The number of hydrogen-bond acceptors (Lipinski definition) is 3. The number of ether oxygens (including phenoxy) is 1. The van der Waals surface area contributed by atoms with Crippen molar-refractivity contribution < 1.29 is 4.74 Å². The van der Waals surface area contributed by atoms with E-state index in [1.807, 2.05) is 12.1 Å². The van der Waals surface area contributed by atoms with Crippen molar-refractivity contribution in [1.29, 1.82) is 0 Å². The lowest BCUT2D eigenvalue weighted by Gasteiger charge is -2.07. The van der Waals surface area contributed by atoms with Crippen LogP contribution in [0, 0.1) is 0 Å². The van der Waals surface area contributed by atoms with Crippen molar-refractivity contribution in [2.24, 2.45) is 0 Å². The molecular formula is C15H18N2O. The highest BCUT2D eigenvalue weighted by Crippen LogP contribution is 2.22. The van der Waals surface area contributed by atoms with E-state index in [4.69, 9.17) is 4.74 Å². The Bertz CT molecular complexity index is 511. The number of rotatable bonds is 5. The predicted octanol–water partition coefficient (Wildman–Crippen LogP) is 2.87. The molecule has 0 bridgehead atoms. The van der Waals surface area contributed by atoms with Crippen LogP contribution in [0.4, 0.5) is 0 Å². The van der Waals surface area contributed by atoms with Crippen LogP contribution in [0.1, 0.15) is 12.5 Å². The first kappa shape index (κ1) is 12.6. The molecule has 0 amide bonds. The van der Waals surface area contributed by atoms with Crippen molar-refractivity contribution in [3.05, 3.63) is 48.2 Å². The Morgan fingerprint density at radius 2 is 2.00 bits per heavy atom. The van der Waals surface area contributed by atoms with Gasteiger partial charge in [-0.05, 0) is 35.4 Å². The van der Waals surface area contributed by atoms with E-state index in [-0.39, 0.29) is 0 Å². The van der Waals surface area contributed by atoms with Crippen LogP contribution in [0.25, 0.3) is 11.1 Å². The molecule has 0 aliphatic rings. The first-order valence-electron chi connectivity index (χ1n) is 6.13. The highest BCUT2D eigenvalue weighted by molar-refractivity contribution is 5.64. The monoisotopic (exact) mass is 242 g/mol. The quantitative estimate of drug-likeness (QED) is 0.875. The van der Waals surface area contributed by atoms with E-state index in [1.165, 1.54) is 11.1 Å². The number of aromatic nitrogens is 1. The van der Waals surface area contributed by atoms with Crippen LogP contribution in [-0.4, -0.2) is 18.6 Å². The van der Waals surface area contributed by atoms with Crippen LogP contribution < -0.4 is 10.1 Å². The molecule has 3 nitrogen and oxygen atoms in total. The summed E-state index contributed by atoms with van der Waals surface area (Å²) in [6, 6.07) is 12.4. The summed E-state index contributed by atoms with van der Waals surface area (Å²) in [6.07, 6.45) is 1.77. The minimum absolute atomic E-state index is 0.643. The highest BCUT2D eigenvalue weighted by atomic mass is 16.5. The fourth-order valence-corrected chi connectivity index (χ4v) is 1.83. The molecule has 0 unspecified atom stereocenters. The lowest BCUT2D eigenvalue weighted by atomic mass is 10.0. The lowest BCUT2D eigenvalue weighted by Crippen LogP contribution is -2.11. The summed E-state index contributed by atoms with van der Waals surface area (Å²) in [6.45, 7) is 3.98. The maximum Gasteiger partial charge on any atom is 0.213 e. The van der Waals surface area contributed by atoms with Gasteiger partial charge in [-0.25, -0.2) is 4.98 Å². The van der Waals surface area contributed by atoms with Crippen LogP contribution in [0.3, 0.4) is 0 Å². The number of nitrogens with zero attached hydrogens (tertiary/aromatic N) is 1. The van der Waals surface area contributed by atoms with E-state index in [0.717, 1.165) is 18.7 Å². The van der Waals surface area contributed by atoms with Gasteiger partial charge >= 0.3 is 0 Å². The third-order valence-corrected chi connectivity index (χ3v) is 2.78. The normalized spacial score (nSPS) is 10.3. The molecule has 0 atom stereocenters. The van der Waals surface area contributed by atoms with Crippen LogP contribution >= 0.6 is 0 Å². The SMILES string of the molecule is CCNCc1cccc(-c2ccnc(OC)c2)c1. The minimum Gasteiger partial charge on any atom is -0.481 e. The van der Waals surface area contributed by atoms with Crippen LogP contribution in [0.15, 0.2) is 42.6 Å². The van der Waals surface area contributed by atoms with Crippen molar-refractivity contribution in [1.82, 2.24) is 10.3 Å². The van der Waals surface area contributed by atoms with Gasteiger partial charge in [0.1, 0.15) is 0 Å². The standard InChI is InChI=1S/C15H18N2O/c1-3-16-11-12-5-4-6-13(9-12)14-7-8-17-15(10-14)18-2/h4-10,16H,3,11H2,1-2H3. The van der Waals surface area contributed by atoms with Crippen molar-refractivity contribution in [2.45, 2.75) is 13.5 Å². The molecule has 0 aliphatic heterocycles. The number of pyridine rings is 1. The Morgan fingerprint density at radius 1 is 1.17 bits per heavy atom. The topological polar surface area (TPSA) is 34.2 Å². The third kappa shape index (κ3) is 3.08. The Morgan fingerprint density at radius 3 is 2.78 bits per heavy atom. The number of benzene rings is 1. The molecule has 1 aromatic heterocycles. The Balaban J connectivity index is 2.26. The summed E-state index contributed by atoms with van der Waals surface area (Å²) in [7, 11) is 1.63. The van der Waals surface area contributed by atoms with Crippen LogP contribution in [0.2, 0.25) is 0 Å². The zero-order valence-electron chi connectivity index (χ0n) is 10.8. The number of hydrogen-bond donors (Lipinski definition) is 1. The summed E-state index contributed by atoms with van der Waals surface area (Å²) in [5.74, 6) is 0.643. The van der Waals surface area contributed by atoms with Crippen molar-refractivity contribution in [2.75, 3.05) is 13.7 Å². The van der Waals surface area contributed by atoms with E-state index in [1.54, 1.807) is 13.3 Å². The maximum absolute atomic E-state index is 5.15. The molecule has 1 aromatic carbocycles. The van der Waals surface area contributed by atoms with Gasteiger partial charge in [-0.3, -0.25) is 0 Å². The fourth-order valence-electron chi connectivity index (χ4n) is 1.83. The van der Waals surface area contributed by atoms with Crippen molar-refractivity contribution in [3.63, 3.8) is 0 Å². The maximum atomic E-state index is 5.15. The van der Waals surface area contributed by atoms with Gasteiger partial charge in [-0.15, -0.1) is 0 Å². The summed E-state index contributed by atoms with van der Waals surface area (Å²) in [5.41, 5.74) is 3.59. The second-order valence-electron chi connectivity index (χ2n) is 4.07. The lowest BCUT2D eigenvalue weighted by molar-refractivity contribution is 0.398. The van der Waals surface area contributed by atoms with Gasteiger partial charge < -0.3 is 10.1 Å². The van der Waals surface area contributed by atoms with Crippen LogP contribution in [-0.2, 0) is 6.54 Å². The average Bonchev–Trinajstić information content (AvgIpc) is 2.45. The second-order valence-corrected chi connectivity index (χ2v) is 4.07. The van der Waals surface area contributed by atoms with Crippen molar-refractivity contribution >= 4 is 0 Å². The molecule has 0 fully saturated rings. The Hall–Kier alpha value is -1.87. The second kappa shape index (κ2) is 6.17. The van der Waals surface area contributed by atoms with Crippen LogP contribution in [0.5, 0.6) is 5.88 Å². The first-order chi connectivity index (χ1) is 8.83. The summed E-state index contributed by atoms with van der Waals surface area (Å²) >= 11 is 0. The molecule has 2 rings (SSSR count). The molecule has 18 heavy (non-hydrogen) atoms. The molecule has 0 saturated heterocycles. The molecule has 1 heterocycles. The van der Waals surface area contributed by atoms with Gasteiger partial charge in [0.25, 0.3) is 0 Å². The summed E-state index contributed by atoms with van der Waals surface area (Å²) in [5, 5.41) is 3.33. The summed E-state index contributed by atoms with van der Waals surface area (Å²) in [4.78, 5) is 4.12. The van der Waals surface area contributed by atoms with Gasteiger partial charge in [0.2, 0.25) is 5.88 Å². The van der Waals surface area contributed by atoms with E-state index in [2.05, 4.69) is 41.5 Å². The van der Waals surface area contributed by atoms with Crippen molar-refractivity contribution in [3.8, 4) is 17.0 Å². The fraction of sp³-hybridized carbons (Fsp3) is 0.267. The van der Waals surface area contributed by atoms with Gasteiger partial charge in [-0.1, -0.05) is 25.1 Å². The van der Waals surface area contributed by atoms with E-state index < -0.39 is 0 Å². The molecule has 0 aliphatic carbocycles. The van der Waals surface area contributed by atoms with E-state index in [9.17, 15) is 0 Å². The highest BCUT2D eigenvalue weighted by Gasteiger charge is 2.01. The molecule has 0 radical (unpaired) electrons. The molecule has 2 aromatic rings. The van der Waals surface area contributed by atoms with Gasteiger partial charge in [-0.2, -0.15) is 0 Å². The molecule has 94 valence electrons. The van der Waals surface area contributed by atoms with E-state index in [0.29, 0.717) is 5.88 Å². The Labute approximate surface area is 108 Å². The molecule has 0 saturated carbocycles. The summed E-state index contributed by atoms with van der Waals surface area (Å²) < 4.78 is 5.15. The predicted molar refractivity (Wildman–Crippen MR) is 73.6 cm³/mol. The molecule has 0 spiro atoms. The molecule has 3 heteroatoms. The van der Waals surface area contributed by atoms with Gasteiger partial charge in [0.05, 0.1) is 7.11 Å². The molecule has 1 N–H and O–H groups in total. The number of methoxy groups -OCH3 is 1. The van der Waals surface area contributed by atoms with Gasteiger partial charge in [0.15, 0.2) is 0 Å². The first-order valence-corrected chi connectivity index (χ1v) is 6.13. The largest absolute Gasteiger partial charge is 0.481 e. The molecular weight excluding hydrogens is 224 g/mol. The zero-order valence-corrected chi connectivity index (χ0v) is 10.8. The third-order valence-electron chi connectivity index (χ3n) is 2.78.